The van der Waals surface area contributed by atoms with Crippen LogP contribution in [0.15, 0.2) is 24.3 Å². The van der Waals surface area contributed by atoms with E-state index < -0.39 is 42.0 Å². The number of carbonyl (C=O) groups excluding carboxylic acids is 4. The van der Waals surface area contributed by atoms with Crippen LogP contribution in [0.5, 0.6) is 0 Å². The highest BCUT2D eigenvalue weighted by Crippen LogP contribution is 2.26. The summed E-state index contributed by atoms with van der Waals surface area (Å²) in [4.78, 5) is 54.4. The topological polar surface area (TPSA) is 131 Å². The molecule has 0 heterocycles. The number of hydrogen-bond acceptors (Lipinski definition) is 5. The number of ether oxygens (including phenoxy) is 1. The molecule has 2 unspecified atom stereocenters. The first-order valence-corrected chi connectivity index (χ1v) is 15.4. The maximum atomic E-state index is 14.2. The van der Waals surface area contributed by atoms with Gasteiger partial charge in [-0.2, -0.15) is 0 Å². The van der Waals surface area contributed by atoms with E-state index in [1.807, 2.05) is 24.3 Å². The summed E-state index contributed by atoms with van der Waals surface area (Å²) in [6.07, 6.45) is 9.46. The first-order valence-electron chi connectivity index (χ1n) is 15.4. The molecule has 230 valence electrons. The lowest BCUT2D eigenvalue weighted by molar-refractivity contribution is -0.143. The molecule has 41 heavy (non-hydrogen) atoms. The molecule has 0 bridgehead atoms. The highest BCUT2D eigenvalue weighted by Gasteiger charge is 2.37. The zero-order chi connectivity index (χ0) is 30.4. The lowest BCUT2D eigenvalue weighted by Gasteiger charge is -2.35. The molecule has 0 spiro atoms. The monoisotopic (exact) mass is 572 g/mol. The van der Waals surface area contributed by atoms with E-state index in [2.05, 4.69) is 24.5 Å². The number of amides is 4. The second kappa shape index (κ2) is 17.0. The minimum Gasteiger partial charge on any atom is -0.444 e. The number of carbonyl (C=O) groups is 4. The Labute approximate surface area is 246 Å². The molecule has 9 heteroatoms. The van der Waals surface area contributed by atoms with Gasteiger partial charge in [-0.3, -0.25) is 14.4 Å². The molecule has 4 amide bonds. The highest BCUT2D eigenvalue weighted by molar-refractivity contribution is 5.94. The predicted molar refractivity (Wildman–Crippen MR) is 161 cm³/mol. The minimum absolute atomic E-state index is 0.0523. The molecule has 2 rings (SSSR count). The Morgan fingerprint density at radius 1 is 0.976 bits per heavy atom. The molecule has 1 aromatic rings. The van der Waals surface area contributed by atoms with Crippen LogP contribution in [0.1, 0.15) is 122 Å². The van der Waals surface area contributed by atoms with Crippen molar-refractivity contribution >= 4 is 23.8 Å². The largest absolute Gasteiger partial charge is 0.444 e. The van der Waals surface area contributed by atoms with E-state index >= 15 is 0 Å². The van der Waals surface area contributed by atoms with Gasteiger partial charge in [-0.15, -0.1) is 0 Å². The summed E-state index contributed by atoms with van der Waals surface area (Å²) in [6.45, 7) is 9.64. The van der Waals surface area contributed by atoms with E-state index in [1.54, 1.807) is 20.8 Å². The second-order valence-electron chi connectivity index (χ2n) is 12.2. The molecule has 1 aromatic carbocycles. The Balaban J connectivity index is 2.47. The van der Waals surface area contributed by atoms with Crippen molar-refractivity contribution in [3.8, 4) is 0 Å². The highest BCUT2D eigenvalue weighted by atomic mass is 16.6. The lowest BCUT2D eigenvalue weighted by Crippen LogP contribution is -2.55. The SMILES string of the molecule is CCCCCCCN(C(=O)C(CC(N)=O)NC(=O)OC(C)(C)C)C(C(=O)NC1CCCCC1)c1ccc(CC)cc1. The van der Waals surface area contributed by atoms with Gasteiger partial charge < -0.3 is 26.0 Å². The zero-order valence-corrected chi connectivity index (χ0v) is 25.8. The molecule has 0 radical (unpaired) electrons. The molecule has 1 aliphatic carbocycles. The van der Waals surface area contributed by atoms with Crippen molar-refractivity contribution in [1.82, 2.24) is 15.5 Å². The molecule has 1 aliphatic rings. The number of nitrogens with one attached hydrogen (secondary N) is 2. The van der Waals surface area contributed by atoms with E-state index in [0.717, 1.165) is 69.8 Å². The zero-order valence-electron chi connectivity index (χ0n) is 25.8. The number of benzene rings is 1. The summed E-state index contributed by atoms with van der Waals surface area (Å²) in [5.74, 6) is -1.52. The molecule has 1 fully saturated rings. The molecule has 4 N–H and O–H groups in total. The Morgan fingerprint density at radius 2 is 1.61 bits per heavy atom. The molecule has 0 aliphatic heterocycles. The molecule has 0 saturated heterocycles. The van der Waals surface area contributed by atoms with Crippen molar-refractivity contribution in [2.45, 2.75) is 135 Å². The fourth-order valence-corrected chi connectivity index (χ4v) is 5.24. The minimum atomic E-state index is -1.27. The van der Waals surface area contributed by atoms with Crippen LogP contribution in [0.25, 0.3) is 0 Å². The van der Waals surface area contributed by atoms with Crippen molar-refractivity contribution in [3.05, 3.63) is 35.4 Å². The van der Waals surface area contributed by atoms with E-state index in [4.69, 9.17) is 10.5 Å². The summed E-state index contributed by atoms with van der Waals surface area (Å²) < 4.78 is 5.37. The van der Waals surface area contributed by atoms with Crippen LogP contribution in [0.3, 0.4) is 0 Å². The Morgan fingerprint density at radius 3 is 2.17 bits per heavy atom. The van der Waals surface area contributed by atoms with Crippen LogP contribution >= 0.6 is 0 Å². The molecular formula is C32H52N4O5. The van der Waals surface area contributed by atoms with Gasteiger partial charge in [0.15, 0.2) is 0 Å². The first kappa shape index (κ1) is 34.1. The van der Waals surface area contributed by atoms with Gasteiger partial charge >= 0.3 is 6.09 Å². The Kier molecular flexibility index (Phi) is 14.1. The van der Waals surface area contributed by atoms with Crippen LogP contribution in [0.4, 0.5) is 4.79 Å². The molecule has 1 saturated carbocycles. The normalized spacial score (nSPS) is 15.4. The fraction of sp³-hybridized carbons (Fsp3) is 0.688. The van der Waals surface area contributed by atoms with Gasteiger partial charge in [0.05, 0.1) is 6.42 Å². The van der Waals surface area contributed by atoms with Crippen LogP contribution < -0.4 is 16.4 Å². The van der Waals surface area contributed by atoms with E-state index in [9.17, 15) is 19.2 Å². The van der Waals surface area contributed by atoms with Crippen LogP contribution in [0.2, 0.25) is 0 Å². The van der Waals surface area contributed by atoms with Crippen LogP contribution in [-0.4, -0.2) is 52.9 Å². The summed E-state index contributed by atoms with van der Waals surface area (Å²) in [5.41, 5.74) is 6.52. The van der Waals surface area contributed by atoms with E-state index in [1.165, 1.54) is 4.90 Å². The van der Waals surface area contributed by atoms with Crippen molar-refractivity contribution in [1.29, 1.82) is 0 Å². The molecule has 9 nitrogen and oxygen atoms in total. The van der Waals surface area contributed by atoms with Crippen LogP contribution in [0, 0.1) is 0 Å². The van der Waals surface area contributed by atoms with Gasteiger partial charge in [0.2, 0.25) is 17.7 Å². The fourth-order valence-electron chi connectivity index (χ4n) is 5.24. The van der Waals surface area contributed by atoms with E-state index in [-0.39, 0.29) is 11.9 Å². The third-order valence-corrected chi connectivity index (χ3v) is 7.40. The number of hydrogen-bond donors (Lipinski definition) is 3. The third-order valence-electron chi connectivity index (χ3n) is 7.40. The standard InChI is InChI=1S/C32H52N4O5/c1-6-8-9-10-14-21-36(30(39)26(22-27(33)37)35-31(40)41-32(3,4)5)28(24-19-17-23(7-2)18-20-24)29(38)34-25-15-12-11-13-16-25/h17-20,25-26,28H,6-16,21-22H2,1-5H3,(H2,33,37)(H,34,38)(H,35,40). The van der Waals surface area contributed by atoms with Gasteiger partial charge in [0.25, 0.3) is 0 Å². The maximum Gasteiger partial charge on any atom is 0.408 e. The van der Waals surface area contributed by atoms with Crippen molar-refractivity contribution in [2.75, 3.05) is 6.54 Å². The summed E-state index contributed by atoms with van der Waals surface area (Å²) in [7, 11) is 0. The molecular weight excluding hydrogens is 520 g/mol. The van der Waals surface area contributed by atoms with Gasteiger partial charge in [0.1, 0.15) is 17.7 Å². The average molecular weight is 573 g/mol. The number of rotatable bonds is 15. The van der Waals surface area contributed by atoms with Crippen molar-refractivity contribution < 1.29 is 23.9 Å². The summed E-state index contributed by atoms with van der Waals surface area (Å²) in [6, 6.07) is 5.60. The Bertz CT molecular complexity index is 983. The number of unbranched alkanes of at least 4 members (excludes halogenated alkanes) is 4. The number of nitrogens with zero attached hydrogens (tertiary/aromatic N) is 1. The van der Waals surface area contributed by atoms with Crippen LogP contribution in [-0.2, 0) is 25.5 Å². The number of nitrogens with two attached hydrogens (primary N) is 1. The predicted octanol–water partition coefficient (Wildman–Crippen LogP) is 5.31. The van der Waals surface area contributed by atoms with Crippen molar-refractivity contribution in [3.63, 3.8) is 0 Å². The summed E-state index contributed by atoms with van der Waals surface area (Å²) >= 11 is 0. The Hall–Kier alpha value is -3.10. The first-order chi connectivity index (χ1) is 19.4. The van der Waals surface area contributed by atoms with Gasteiger partial charge in [-0.05, 0) is 57.6 Å². The van der Waals surface area contributed by atoms with Gasteiger partial charge in [-0.1, -0.05) is 83.1 Å². The van der Waals surface area contributed by atoms with E-state index in [0.29, 0.717) is 18.5 Å². The average Bonchev–Trinajstić information content (AvgIpc) is 2.91. The lowest BCUT2D eigenvalue weighted by atomic mass is 9.94. The van der Waals surface area contributed by atoms with Gasteiger partial charge in [-0.25, -0.2) is 4.79 Å². The van der Waals surface area contributed by atoms with Crippen molar-refractivity contribution in [2.24, 2.45) is 5.73 Å². The second-order valence-corrected chi connectivity index (χ2v) is 12.2. The third kappa shape index (κ3) is 12.1. The molecule has 2 atom stereocenters. The number of aryl methyl sites for hydroxylation is 1. The quantitative estimate of drug-likeness (QED) is 0.245. The van der Waals surface area contributed by atoms with Gasteiger partial charge in [0, 0.05) is 12.6 Å². The number of alkyl carbamates (subject to hydrolysis) is 1. The number of primary amides is 1. The smallest absolute Gasteiger partial charge is 0.408 e. The maximum absolute atomic E-state index is 14.2. The summed E-state index contributed by atoms with van der Waals surface area (Å²) in [5, 5.41) is 5.76. The molecule has 0 aromatic heterocycles.